The first-order chi connectivity index (χ1) is 7.16. The lowest BCUT2D eigenvalue weighted by molar-refractivity contribution is 0.0690. The van der Waals surface area contributed by atoms with Gasteiger partial charge in [0.2, 0.25) is 0 Å². The first-order valence-corrected chi connectivity index (χ1v) is 4.24. The molecule has 0 saturated carbocycles. The van der Waals surface area contributed by atoms with Gasteiger partial charge in [0, 0.05) is 5.69 Å². The highest BCUT2D eigenvalue weighted by atomic mass is 35.5. The molecule has 2 aromatic rings. The molecule has 16 heavy (non-hydrogen) atoms. The summed E-state index contributed by atoms with van der Waals surface area (Å²) in [5, 5.41) is 16.1. The lowest BCUT2D eigenvalue weighted by Crippen LogP contribution is -2.04. The number of pyridine rings is 1. The van der Waals surface area contributed by atoms with E-state index in [4.69, 9.17) is 5.11 Å². The molecule has 0 amide bonds. The van der Waals surface area contributed by atoms with Gasteiger partial charge in [0.15, 0.2) is 5.69 Å². The molecule has 0 spiro atoms. The van der Waals surface area contributed by atoms with Crippen LogP contribution in [0.2, 0.25) is 0 Å². The van der Waals surface area contributed by atoms with Crippen LogP contribution in [0.25, 0.3) is 5.69 Å². The Kier molecular flexibility index (Phi) is 3.57. The van der Waals surface area contributed by atoms with Crippen LogP contribution in [0, 0.1) is 6.92 Å². The number of rotatable bonds is 2. The number of carboxylic acid groups (broad SMARTS) is 1. The number of carboxylic acids is 1. The van der Waals surface area contributed by atoms with E-state index in [0.29, 0.717) is 11.4 Å². The Morgan fingerprint density at radius 1 is 1.31 bits per heavy atom. The van der Waals surface area contributed by atoms with E-state index >= 15 is 0 Å². The molecule has 0 fully saturated rings. The summed E-state index contributed by atoms with van der Waals surface area (Å²) in [6, 6.07) is 3.23. The second-order valence-electron chi connectivity index (χ2n) is 3.03. The van der Waals surface area contributed by atoms with Gasteiger partial charge in [0.1, 0.15) is 12.7 Å². The van der Waals surface area contributed by atoms with Gasteiger partial charge in [0.25, 0.3) is 0 Å². The molecule has 2 heterocycles. The molecule has 0 aliphatic rings. The molecule has 2 rings (SSSR count). The Morgan fingerprint density at radius 2 is 1.94 bits per heavy atom. The van der Waals surface area contributed by atoms with Gasteiger partial charge in [-0.05, 0) is 19.1 Å². The van der Waals surface area contributed by atoms with Crippen molar-refractivity contribution in [3.8, 4) is 5.69 Å². The summed E-state index contributed by atoms with van der Waals surface area (Å²) in [7, 11) is 0. The number of hydrogen-bond acceptors (Lipinski definition) is 4. The van der Waals surface area contributed by atoms with Crippen LogP contribution in [0.15, 0.2) is 24.8 Å². The van der Waals surface area contributed by atoms with Crippen molar-refractivity contribution < 1.29 is 9.90 Å². The fourth-order valence-electron chi connectivity index (χ4n) is 1.24. The van der Waals surface area contributed by atoms with Crippen molar-refractivity contribution in [3.63, 3.8) is 0 Å². The van der Waals surface area contributed by atoms with E-state index in [1.54, 1.807) is 17.6 Å². The fraction of sp³-hybridized carbons (Fsp3) is 0.111. The molecule has 84 valence electrons. The van der Waals surface area contributed by atoms with E-state index in [9.17, 15) is 4.79 Å². The van der Waals surface area contributed by atoms with Gasteiger partial charge >= 0.3 is 5.97 Å². The quantitative estimate of drug-likeness (QED) is 0.850. The summed E-state index contributed by atoms with van der Waals surface area (Å²) >= 11 is 0. The third-order valence-corrected chi connectivity index (χ3v) is 1.87. The van der Waals surface area contributed by atoms with E-state index < -0.39 is 5.97 Å². The summed E-state index contributed by atoms with van der Waals surface area (Å²) in [6.07, 6.45) is 3.00. The zero-order valence-electron chi connectivity index (χ0n) is 8.36. The maximum atomic E-state index is 10.8. The molecule has 0 bridgehead atoms. The molecular weight excluding hydrogens is 232 g/mol. The number of halogens is 1. The van der Waals surface area contributed by atoms with E-state index in [1.807, 2.05) is 0 Å². The molecule has 0 aliphatic heterocycles. The summed E-state index contributed by atoms with van der Waals surface area (Å²) < 4.78 is 1.63. The van der Waals surface area contributed by atoms with Crippen LogP contribution < -0.4 is 0 Å². The third kappa shape index (κ3) is 2.34. The number of carbonyl (C=O) groups is 1. The van der Waals surface area contributed by atoms with Crippen LogP contribution in [0.4, 0.5) is 0 Å². The average molecular weight is 241 g/mol. The van der Waals surface area contributed by atoms with Crippen LogP contribution in [0.3, 0.4) is 0 Å². The van der Waals surface area contributed by atoms with Gasteiger partial charge in [-0.1, -0.05) is 0 Å². The highest BCUT2D eigenvalue weighted by molar-refractivity contribution is 5.86. The van der Waals surface area contributed by atoms with Gasteiger partial charge in [-0.2, -0.15) is 0 Å². The lowest BCUT2D eigenvalue weighted by Gasteiger charge is -2.03. The minimum Gasteiger partial charge on any atom is -0.477 e. The minimum atomic E-state index is -1.05. The normalized spacial score (nSPS) is 9.56. The van der Waals surface area contributed by atoms with E-state index in [2.05, 4.69) is 15.2 Å². The predicted molar refractivity (Wildman–Crippen MR) is 58.1 cm³/mol. The molecule has 0 saturated heterocycles. The first-order valence-electron chi connectivity index (χ1n) is 4.24. The van der Waals surface area contributed by atoms with Crippen LogP contribution in [-0.4, -0.2) is 30.8 Å². The van der Waals surface area contributed by atoms with Gasteiger partial charge in [-0.3, -0.25) is 4.57 Å². The summed E-state index contributed by atoms with van der Waals surface area (Å²) in [5.41, 5.74) is 1.34. The molecule has 1 N–H and O–H groups in total. The largest absolute Gasteiger partial charge is 0.477 e. The van der Waals surface area contributed by atoms with Crippen molar-refractivity contribution in [3.05, 3.63) is 36.2 Å². The molecule has 0 aromatic carbocycles. The monoisotopic (exact) mass is 240 g/mol. The summed E-state index contributed by atoms with van der Waals surface area (Å²) in [5.74, 6) is -1.05. The predicted octanol–water partition coefficient (Wildman–Crippen LogP) is 1.09. The molecule has 0 aliphatic carbocycles. The van der Waals surface area contributed by atoms with Gasteiger partial charge in [-0.25, -0.2) is 9.78 Å². The van der Waals surface area contributed by atoms with Gasteiger partial charge in [-0.15, -0.1) is 22.6 Å². The summed E-state index contributed by atoms with van der Waals surface area (Å²) in [6.45, 7) is 1.74. The van der Waals surface area contributed by atoms with E-state index in [-0.39, 0.29) is 18.1 Å². The molecule has 2 aromatic heterocycles. The second-order valence-corrected chi connectivity index (χ2v) is 3.03. The summed E-state index contributed by atoms with van der Waals surface area (Å²) in [4.78, 5) is 14.7. The highest BCUT2D eigenvalue weighted by Crippen LogP contribution is 2.10. The standard InChI is InChI=1S/C9H8N4O2.ClH/c1-6-2-7(13-4-10-11-5-13)3-8(12-6)9(14)15;/h2-5H,1H3,(H,14,15);1H. The Labute approximate surface area is 97.4 Å². The number of aromatic carboxylic acids is 1. The Morgan fingerprint density at radius 3 is 2.50 bits per heavy atom. The van der Waals surface area contributed by atoms with E-state index in [1.165, 1.54) is 18.7 Å². The Bertz CT molecular complexity index is 498. The smallest absolute Gasteiger partial charge is 0.354 e. The zero-order valence-corrected chi connectivity index (χ0v) is 9.18. The number of aryl methyl sites for hydroxylation is 1. The Balaban J connectivity index is 0.00000128. The molecule has 6 nitrogen and oxygen atoms in total. The van der Waals surface area contributed by atoms with Crippen LogP contribution >= 0.6 is 12.4 Å². The third-order valence-electron chi connectivity index (χ3n) is 1.87. The van der Waals surface area contributed by atoms with Crippen LogP contribution in [0.1, 0.15) is 16.2 Å². The van der Waals surface area contributed by atoms with Crippen molar-refractivity contribution >= 4 is 18.4 Å². The highest BCUT2D eigenvalue weighted by Gasteiger charge is 2.07. The lowest BCUT2D eigenvalue weighted by atomic mass is 10.2. The molecule has 0 atom stereocenters. The number of nitrogens with zero attached hydrogens (tertiary/aromatic N) is 4. The SMILES string of the molecule is Cc1cc(-n2cnnc2)cc(C(=O)O)n1.Cl. The van der Waals surface area contributed by atoms with Gasteiger partial charge in [0.05, 0.1) is 5.69 Å². The topological polar surface area (TPSA) is 80.9 Å². The van der Waals surface area contributed by atoms with Crippen molar-refractivity contribution in [2.45, 2.75) is 6.92 Å². The molecule has 7 heteroatoms. The first kappa shape index (κ1) is 12.1. The number of aromatic nitrogens is 4. The van der Waals surface area contributed by atoms with Crippen LogP contribution in [-0.2, 0) is 0 Å². The van der Waals surface area contributed by atoms with Crippen LogP contribution in [0.5, 0.6) is 0 Å². The maximum Gasteiger partial charge on any atom is 0.354 e. The molecule has 0 radical (unpaired) electrons. The second kappa shape index (κ2) is 4.71. The minimum absolute atomic E-state index is 0. The van der Waals surface area contributed by atoms with Gasteiger partial charge < -0.3 is 5.11 Å². The van der Waals surface area contributed by atoms with Crippen molar-refractivity contribution in [2.24, 2.45) is 0 Å². The van der Waals surface area contributed by atoms with E-state index in [0.717, 1.165) is 0 Å². The van der Waals surface area contributed by atoms with Crippen molar-refractivity contribution in [1.82, 2.24) is 19.7 Å². The molecule has 0 unspecified atom stereocenters. The maximum absolute atomic E-state index is 10.8. The Hall–Kier alpha value is -1.95. The fourth-order valence-corrected chi connectivity index (χ4v) is 1.24. The van der Waals surface area contributed by atoms with Crippen molar-refractivity contribution in [1.29, 1.82) is 0 Å². The van der Waals surface area contributed by atoms with Crippen molar-refractivity contribution in [2.75, 3.05) is 0 Å². The zero-order chi connectivity index (χ0) is 10.8. The number of hydrogen-bond donors (Lipinski definition) is 1. The molecular formula is C9H9ClN4O2. The average Bonchev–Trinajstić information content (AvgIpc) is 2.69.